The minimum Gasteiger partial charge on any atom is -0.497 e. The van der Waals surface area contributed by atoms with Crippen molar-refractivity contribution in [2.45, 2.75) is 25.4 Å². The van der Waals surface area contributed by atoms with Crippen LogP contribution in [0.5, 0.6) is 11.5 Å². The van der Waals surface area contributed by atoms with Gasteiger partial charge >= 0.3 is 0 Å². The molecule has 0 aliphatic rings. The molecular weight excluding hydrogens is 408 g/mol. The summed E-state index contributed by atoms with van der Waals surface area (Å²) in [5.74, 6) is 1.43. The first kappa shape index (κ1) is 22.9. The summed E-state index contributed by atoms with van der Waals surface area (Å²) in [5, 5.41) is 5.93. The number of carbonyl (C=O) groups is 2. The molecule has 0 saturated carbocycles. The highest BCUT2D eigenvalue weighted by Crippen LogP contribution is 2.30. The molecule has 0 bridgehead atoms. The minimum atomic E-state index is -0.541. The quantitative estimate of drug-likeness (QED) is 0.538. The topological polar surface area (TPSA) is 94.5 Å². The molecule has 0 aliphatic carbocycles. The average molecular weight is 437 g/mol. The van der Waals surface area contributed by atoms with Crippen molar-refractivity contribution in [1.82, 2.24) is 20.2 Å². The molecule has 0 aliphatic heterocycles. The molecule has 2 unspecified atom stereocenters. The maximum absolute atomic E-state index is 13.1. The molecule has 3 rings (SSSR count). The van der Waals surface area contributed by atoms with Crippen molar-refractivity contribution in [3.8, 4) is 11.5 Å². The lowest BCUT2D eigenvalue weighted by Crippen LogP contribution is -2.35. The maximum Gasteiger partial charge on any atom is 0.223 e. The van der Waals surface area contributed by atoms with Crippen LogP contribution in [0.15, 0.2) is 60.9 Å². The molecule has 2 aromatic carbocycles. The van der Waals surface area contributed by atoms with E-state index in [-0.39, 0.29) is 18.2 Å². The van der Waals surface area contributed by atoms with E-state index in [2.05, 4.69) is 15.6 Å². The van der Waals surface area contributed by atoms with Gasteiger partial charge in [-0.05, 0) is 23.3 Å². The number of methoxy groups -OCH3 is 2. The van der Waals surface area contributed by atoms with E-state index in [1.165, 1.54) is 6.92 Å². The van der Waals surface area contributed by atoms with E-state index >= 15 is 0 Å². The van der Waals surface area contributed by atoms with Gasteiger partial charge in [-0.1, -0.05) is 30.3 Å². The zero-order chi connectivity index (χ0) is 23.1. The number of rotatable bonds is 9. The summed E-state index contributed by atoms with van der Waals surface area (Å²) in [6.45, 7) is 1.44. The molecule has 2 N–H and O–H groups in total. The van der Waals surface area contributed by atoms with Gasteiger partial charge in [0.1, 0.15) is 23.4 Å². The van der Waals surface area contributed by atoms with E-state index < -0.39 is 12.1 Å². The Bertz CT molecular complexity index is 1040. The Kier molecular flexibility index (Phi) is 7.49. The lowest BCUT2D eigenvalue weighted by molar-refractivity contribution is -0.123. The number of ether oxygens (including phenoxy) is 2. The van der Waals surface area contributed by atoms with Gasteiger partial charge in [-0.2, -0.15) is 0 Å². The fourth-order valence-electron chi connectivity index (χ4n) is 3.54. The summed E-state index contributed by atoms with van der Waals surface area (Å²) in [5.41, 5.74) is 1.62. The van der Waals surface area contributed by atoms with Crippen LogP contribution in [0.2, 0.25) is 0 Å². The number of nitrogens with one attached hydrogen (secondary N) is 2. The molecule has 0 fully saturated rings. The standard InChI is InChI=1S/C24H28N4O4/c1-16(29)26-21(17-8-6-5-7-9-17)15-22(30)27-23(24-25-10-11-28(24)2)18-12-19(31-3)14-20(13-18)32-4/h5-14,21,23H,15H2,1-4H3,(H,26,29)(H,27,30). The van der Waals surface area contributed by atoms with Gasteiger partial charge in [0.15, 0.2) is 0 Å². The Morgan fingerprint density at radius 3 is 2.19 bits per heavy atom. The molecule has 1 aromatic heterocycles. The second-order valence-corrected chi connectivity index (χ2v) is 7.41. The maximum atomic E-state index is 13.1. The molecule has 3 aromatic rings. The van der Waals surface area contributed by atoms with Gasteiger partial charge in [0.05, 0.1) is 26.7 Å². The summed E-state index contributed by atoms with van der Waals surface area (Å²) >= 11 is 0. The Labute approximate surface area is 187 Å². The van der Waals surface area contributed by atoms with Crippen molar-refractivity contribution in [1.29, 1.82) is 0 Å². The number of aryl methyl sites for hydroxylation is 1. The van der Waals surface area contributed by atoms with Crippen LogP contribution in [0.25, 0.3) is 0 Å². The fraction of sp³-hybridized carbons (Fsp3) is 0.292. The van der Waals surface area contributed by atoms with E-state index in [9.17, 15) is 9.59 Å². The zero-order valence-corrected chi connectivity index (χ0v) is 18.7. The molecule has 0 saturated heterocycles. The predicted molar refractivity (Wildman–Crippen MR) is 120 cm³/mol. The van der Waals surface area contributed by atoms with E-state index in [1.807, 2.05) is 60.3 Å². The number of aromatic nitrogens is 2. The highest BCUT2D eigenvalue weighted by atomic mass is 16.5. The number of benzene rings is 2. The second-order valence-electron chi connectivity index (χ2n) is 7.41. The Hall–Kier alpha value is -3.81. The van der Waals surface area contributed by atoms with Crippen molar-refractivity contribution in [2.75, 3.05) is 14.2 Å². The van der Waals surface area contributed by atoms with E-state index in [4.69, 9.17) is 9.47 Å². The first-order valence-electron chi connectivity index (χ1n) is 10.2. The van der Waals surface area contributed by atoms with Gasteiger partial charge in [0, 0.05) is 32.4 Å². The summed E-state index contributed by atoms with van der Waals surface area (Å²) in [4.78, 5) is 29.3. The van der Waals surface area contributed by atoms with Gasteiger partial charge in [-0.3, -0.25) is 9.59 Å². The lowest BCUT2D eigenvalue weighted by atomic mass is 10.0. The normalized spacial score (nSPS) is 12.5. The third kappa shape index (κ3) is 5.66. The second kappa shape index (κ2) is 10.5. The zero-order valence-electron chi connectivity index (χ0n) is 18.7. The SMILES string of the molecule is COc1cc(OC)cc(C(NC(=O)CC(NC(C)=O)c2ccccc2)c2nccn2C)c1. The average Bonchev–Trinajstić information content (AvgIpc) is 3.22. The molecule has 2 amide bonds. The first-order valence-corrected chi connectivity index (χ1v) is 10.2. The summed E-state index contributed by atoms with van der Waals surface area (Å²) < 4.78 is 12.6. The smallest absolute Gasteiger partial charge is 0.223 e. The van der Waals surface area contributed by atoms with Crippen LogP contribution >= 0.6 is 0 Å². The number of carbonyl (C=O) groups excluding carboxylic acids is 2. The highest BCUT2D eigenvalue weighted by molar-refractivity contribution is 5.79. The molecular formula is C24H28N4O4. The molecule has 2 atom stereocenters. The van der Waals surface area contributed by atoms with Crippen molar-refractivity contribution in [3.63, 3.8) is 0 Å². The molecule has 8 nitrogen and oxygen atoms in total. The highest BCUT2D eigenvalue weighted by Gasteiger charge is 2.25. The van der Waals surface area contributed by atoms with Crippen molar-refractivity contribution >= 4 is 11.8 Å². The van der Waals surface area contributed by atoms with Gasteiger partial charge in [0.25, 0.3) is 0 Å². The largest absolute Gasteiger partial charge is 0.497 e. The Morgan fingerprint density at radius 1 is 1.00 bits per heavy atom. The van der Waals surface area contributed by atoms with Gasteiger partial charge in [-0.15, -0.1) is 0 Å². The van der Waals surface area contributed by atoms with Crippen LogP contribution in [0.1, 0.15) is 42.4 Å². The van der Waals surface area contributed by atoms with E-state index in [1.54, 1.807) is 26.5 Å². The molecule has 32 heavy (non-hydrogen) atoms. The number of hydrogen-bond acceptors (Lipinski definition) is 5. The molecule has 1 heterocycles. The van der Waals surface area contributed by atoms with Crippen molar-refractivity contribution < 1.29 is 19.1 Å². The van der Waals surface area contributed by atoms with Gasteiger partial charge < -0.3 is 24.7 Å². The van der Waals surface area contributed by atoms with Crippen LogP contribution < -0.4 is 20.1 Å². The number of imidazole rings is 1. The number of amides is 2. The summed E-state index contributed by atoms with van der Waals surface area (Å²) in [6.07, 6.45) is 3.57. The third-order valence-electron chi connectivity index (χ3n) is 5.10. The fourth-order valence-corrected chi connectivity index (χ4v) is 3.54. The van der Waals surface area contributed by atoms with E-state index in [0.717, 1.165) is 11.1 Å². The molecule has 168 valence electrons. The van der Waals surface area contributed by atoms with Crippen LogP contribution in [0.3, 0.4) is 0 Å². The van der Waals surface area contributed by atoms with Crippen LogP contribution in [0.4, 0.5) is 0 Å². The minimum absolute atomic E-state index is 0.0750. The number of nitrogens with zero attached hydrogens (tertiary/aromatic N) is 2. The number of hydrogen-bond donors (Lipinski definition) is 2. The first-order chi connectivity index (χ1) is 15.4. The predicted octanol–water partition coefficient (Wildman–Crippen LogP) is 2.91. The monoisotopic (exact) mass is 436 g/mol. The summed E-state index contributed by atoms with van der Waals surface area (Å²) in [6, 6.07) is 13.9. The van der Waals surface area contributed by atoms with Crippen molar-refractivity contribution in [3.05, 3.63) is 77.9 Å². The van der Waals surface area contributed by atoms with Crippen LogP contribution in [-0.4, -0.2) is 35.6 Å². The van der Waals surface area contributed by atoms with Crippen molar-refractivity contribution in [2.24, 2.45) is 7.05 Å². The lowest BCUT2D eigenvalue weighted by Gasteiger charge is -2.23. The van der Waals surface area contributed by atoms with E-state index in [0.29, 0.717) is 17.3 Å². The van der Waals surface area contributed by atoms with Gasteiger partial charge in [-0.25, -0.2) is 4.98 Å². The Balaban J connectivity index is 1.91. The van der Waals surface area contributed by atoms with Crippen LogP contribution in [0, 0.1) is 0 Å². The van der Waals surface area contributed by atoms with Crippen LogP contribution in [-0.2, 0) is 16.6 Å². The van der Waals surface area contributed by atoms with Gasteiger partial charge in [0.2, 0.25) is 11.8 Å². The third-order valence-corrected chi connectivity index (χ3v) is 5.10. The molecule has 0 radical (unpaired) electrons. The summed E-state index contributed by atoms with van der Waals surface area (Å²) in [7, 11) is 5.01. The Morgan fingerprint density at radius 2 is 1.66 bits per heavy atom. The molecule has 0 spiro atoms. The molecule has 8 heteroatoms.